The van der Waals surface area contributed by atoms with Gasteiger partial charge in [-0.1, -0.05) is 36.4 Å². The number of hydrogen-bond donors (Lipinski definition) is 1. The maximum absolute atomic E-state index is 11.5. The van der Waals surface area contributed by atoms with Gasteiger partial charge >= 0.3 is 5.97 Å². The lowest BCUT2D eigenvalue weighted by atomic mass is 9.89. The first-order valence-electron chi connectivity index (χ1n) is 7.50. The van der Waals surface area contributed by atoms with Gasteiger partial charge in [0.15, 0.2) is 0 Å². The zero-order valence-corrected chi connectivity index (χ0v) is 13.1. The fraction of sp³-hybridized carbons (Fsp3) is 0.150. The number of carboxylic acids is 1. The number of ether oxygens (including phenoxy) is 1. The van der Waals surface area contributed by atoms with Crippen molar-refractivity contribution >= 4 is 16.7 Å². The summed E-state index contributed by atoms with van der Waals surface area (Å²) in [6.07, 6.45) is 0. The maximum atomic E-state index is 11.5. The Labute approximate surface area is 135 Å². The fourth-order valence-corrected chi connectivity index (χ4v) is 2.78. The predicted molar refractivity (Wildman–Crippen MR) is 92.0 cm³/mol. The average Bonchev–Trinajstić information content (AvgIpc) is 2.60. The van der Waals surface area contributed by atoms with Crippen LogP contribution in [0.3, 0.4) is 0 Å². The Morgan fingerprint density at radius 1 is 1.00 bits per heavy atom. The lowest BCUT2D eigenvalue weighted by Crippen LogP contribution is -2.08. The van der Waals surface area contributed by atoms with Gasteiger partial charge in [0.25, 0.3) is 0 Å². The Bertz CT molecular complexity index is 853. The monoisotopic (exact) mass is 306 g/mol. The first-order valence-corrected chi connectivity index (χ1v) is 7.50. The van der Waals surface area contributed by atoms with E-state index >= 15 is 0 Å². The summed E-state index contributed by atoms with van der Waals surface area (Å²) in [7, 11) is 1.64. The summed E-state index contributed by atoms with van der Waals surface area (Å²) < 4.78 is 5.29. The molecule has 0 saturated heterocycles. The second-order valence-electron chi connectivity index (χ2n) is 5.58. The number of fused-ring (bicyclic) bond motifs is 1. The molecule has 0 aromatic heterocycles. The Kier molecular flexibility index (Phi) is 4.02. The van der Waals surface area contributed by atoms with Crippen LogP contribution in [0.1, 0.15) is 18.4 Å². The first-order chi connectivity index (χ1) is 11.1. The smallest absolute Gasteiger partial charge is 0.310 e. The molecule has 116 valence electrons. The summed E-state index contributed by atoms with van der Waals surface area (Å²) in [5, 5.41) is 11.5. The zero-order valence-electron chi connectivity index (χ0n) is 13.1. The second kappa shape index (κ2) is 6.13. The van der Waals surface area contributed by atoms with E-state index in [1.807, 2.05) is 60.7 Å². The van der Waals surface area contributed by atoms with Gasteiger partial charge in [-0.3, -0.25) is 4.79 Å². The van der Waals surface area contributed by atoms with E-state index in [1.54, 1.807) is 14.0 Å². The van der Waals surface area contributed by atoms with Crippen LogP contribution in [0.25, 0.3) is 21.9 Å². The molecule has 1 atom stereocenters. The molecule has 0 spiro atoms. The van der Waals surface area contributed by atoms with Crippen LogP contribution in [-0.4, -0.2) is 18.2 Å². The van der Waals surface area contributed by atoms with Crippen molar-refractivity contribution in [2.45, 2.75) is 12.8 Å². The van der Waals surface area contributed by atoms with Crippen LogP contribution in [0, 0.1) is 0 Å². The van der Waals surface area contributed by atoms with E-state index in [9.17, 15) is 9.90 Å². The van der Waals surface area contributed by atoms with E-state index in [2.05, 4.69) is 0 Å². The van der Waals surface area contributed by atoms with Crippen LogP contribution in [-0.2, 0) is 4.79 Å². The molecule has 0 aliphatic carbocycles. The predicted octanol–water partition coefficient (Wildman–Crippen LogP) is 4.70. The highest BCUT2D eigenvalue weighted by Gasteiger charge is 2.19. The molecular weight excluding hydrogens is 288 g/mol. The summed E-state index contributed by atoms with van der Waals surface area (Å²) in [6, 6.07) is 19.7. The highest BCUT2D eigenvalue weighted by molar-refractivity contribution is 5.92. The SMILES string of the molecule is COc1ccc2cc([C@H](C)C(=O)O)c(-c3ccccc3)cc2c1. The molecule has 0 heterocycles. The van der Waals surface area contributed by atoms with Crippen LogP contribution < -0.4 is 4.74 Å². The van der Waals surface area contributed by atoms with Crippen molar-refractivity contribution in [3.8, 4) is 16.9 Å². The fourth-order valence-electron chi connectivity index (χ4n) is 2.78. The minimum absolute atomic E-state index is 0.572. The van der Waals surface area contributed by atoms with E-state index in [4.69, 9.17) is 4.74 Å². The quantitative estimate of drug-likeness (QED) is 0.759. The van der Waals surface area contributed by atoms with Gasteiger partial charge in [0.2, 0.25) is 0 Å². The van der Waals surface area contributed by atoms with Crippen molar-refractivity contribution in [1.29, 1.82) is 0 Å². The lowest BCUT2D eigenvalue weighted by Gasteiger charge is -2.16. The number of hydrogen-bond acceptors (Lipinski definition) is 2. The van der Waals surface area contributed by atoms with Gasteiger partial charge in [-0.25, -0.2) is 0 Å². The van der Waals surface area contributed by atoms with Gasteiger partial charge in [0, 0.05) is 0 Å². The summed E-state index contributed by atoms with van der Waals surface area (Å²) in [6.45, 7) is 1.72. The summed E-state index contributed by atoms with van der Waals surface area (Å²) in [4.78, 5) is 11.5. The van der Waals surface area contributed by atoms with Gasteiger partial charge in [-0.2, -0.15) is 0 Å². The van der Waals surface area contributed by atoms with Crippen LogP contribution in [0.4, 0.5) is 0 Å². The van der Waals surface area contributed by atoms with E-state index in [0.29, 0.717) is 0 Å². The van der Waals surface area contributed by atoms with Crippen molar-refractivity contribution in [2.24, 2.45) is 0 Å². The van der Waals surface area contributed by atoms with Gasteiger partial charge in [0.1, 0.15) is 5.75 Å². The van der Waals surface area contributed by atoms with Crippen molar-refractivity contribution in [3.63, 3.8) is 0 Å². The number of methoxy groups -OCH3 is 1. The van der Waals surface area contributed by atoms with E-state index < -0.39 is 11.9 Å². The standard InChI is InChI=1S/C20H18O3/c1-13(20(21)22)18-11-15-8-9-17(23-2)10-16(15)12-19(18)14-6-4-3-5-7-14/h3-13H,1-2H3,(H,21,22)/t13-/m0/s1. The van der Waals surface area contributed by atoms with Crippen LogP contribution in [0.2, 0.25) is 0 Å². The van der Waals surface area contributed by atoms with Gasteiger partial charge < -0.3 is 9.84 Å². The van der Waals surface area contributed by atoms with E-state index in [0.717, 1.165) is 33.2 Å². The lowest BCUT2D eigenvalue weighted by molar-refractivity contribution is -0.138. The van der Waals surface area contributed by atoms with Crippen molar-refractivity contribution in [2.75, 3.05) is 7.11 Å². The third-order valence-corrected chi connectivity index (χ3v) is 4.14. The normalized spacial score (nSPS) is 12.1. The minimum atomic E-state index is -0.824. The molecule has 0 aliphatic rings. The van der Waals surface area contributed by atoms with E-state index in [1.165, 1.54) is 0 Å². The molecule has 3 aromatic rings. The number of rotatable bonds is 4. The molecule has 0 radical (unpaired) electrons. The Morgan fingerprint density at radius 3 is 2.39 bits per heavy atom. The topological polar surface area (TPSA) is 46.5 Å². The Morgan fingerprint density at radius 2 is 1.74 bits per heavy atom. The van der Waals surface area contributed by atoms with Crippen LogP contribution in [0.5, 0.6) is 5.75 Å². The van der Waals surface area contributed by atoms with E-state index in [-0.39, 0.29) is 0 Å². The molecule has 3 heteroatoms. The number of aliphatic carboxylic acids is 1. The molecule has 0 bridgehead atoms. The Hall–Kier alpha value is -2.81. The van der Waals surface area contributed by atoms with Gasteiger partial charge in [-0.15, -0.1) is 0 Å². The highest BCUT2D eigenvalue weighted by atomic mass is 16.5. The minimum Gasteiger partial charge on any atom is -0.497 e. The number of carboxylic acid groups (broad SMARTS) is 1. The molecule has 1 N–H and O–H groups in total. The third-order valence-electron chi connectivity index (χ3n) is 4.14. The van der Waals surface area contributed by atoms with Crippen molar-refractivity contribution < 1.29 is 14.6 Å². The number of carbonyl (C=O) groups is 1. The number of benzene rings is 3. The molecule has 0 unspecified atom stereocenters. The molecule has 0 aliphatic heterocycles. The van der Waals surface area contributed by atoms with Gasteiger partial charge in [0.05, 0.1) is 13.0 Å². The third kappa shape index (κ3) is 2.90. The molecule has 3 rings (SSSR count). The second-order valence-corrected chi connectivity index (χ2v) is 5.58. The summed E-state index contributed by atoms with van der Waals surface area (Å²) in [5.74, 6) is -0.609. The largest absolute Gasteiger partial charge is 0.497 e. The molecule has 0 amide bonds. The van der Waals surface area contributed by atoms with Gasteiger partial charge in [-0.05, 0) is 58.7 Å². The summed E-state index contributed by atoms with van der Waals surface area (Å²) >= 11 is 0. The van der Waals surface area contributed by atoms with Crippen LogP contribution in [0.15, 0.2) is 60.7 Å². The van der Waals surface area contributed by atoms with Crippen molar-refractivity contribution in [1.82, 2.24) is 0 Å². The van der Waals surface area contributed by atoms with Crippen molar-refractivity contribution in [3.05, 3.63) is 66.2 Å². The summed E-state index contributed by atoms with van der Waals surface area (Å²) in [5.41, 5.74) is 2.78. The first kappa shape index (κ1) is 15.1. The molecule has 23 heavy (non-hydrogen) atoms. The molecule has 0 fully saturated rings. The molecule has 3 nitrogen and oxygen atoms in total. The average molecular weight is 306 g/mol. The molecular formula is C20H18O3. The Balaban J connectivity index is 2.28. The van der Waals surface area contributed by atoms with Crippen LogP contribution >= 0.6 is 0 Å². The zero-order chi connectivity index (χ0) is 16.4. The molecule has 0 saturated carbocycles. The molecule has 3 aromatic carbocycles. The highest BCUT2D eigenvalue weighted by Crippen LogP contribution is 2.34. The maximum Gasteiger partial charge on any atom is 0.310 e.